The summed E-state index contributed by atoms with van der Waals surface area (Å²) in [5.41, 5.74) is 5.72. The van der Waals surface area contributed by atoms with Crippen LogP contribution in [-0.2, 0) is 4.79 Å². The first-order chi connectivity index (χ1) is 7.63. The van der Waals surface area contributed by atoms with Crippen LogP contribution in [0.2, 0.25) is 0 Å². The zero-order chi connectivity index (χ0) is 11.6. The third kappa shape index (κ3) is 2.24. The average molecular weight is 224 g/mol. The molecule has 0 aliphatic heterocycles. The van der Waals surface area contributed by atoms with Gasteiger partial charge in [-0.3, -0.25) is 4.79 Å². The summed E-state index contributed by atoms with van der Waals surface area (Å²) in [6, 6.07) is 0.0520. The third-order valence-corrected chi connectivity index (χ3v) is 4.61. The Hall–Kier alpha value is -0.570. The van der Waals surface area contributed by atoms with Crippen LogP contribution in [0.25, 0.3) is 0 Å². The number of rotatable bonds is 4. The maximum Gasteiger partial charge on any atom is 0.227 e. The van der Waals surface area contributed by atoms with Crippen LogP contribution in [0.1, 0.15) is 51.9 Å². The summed E-state index contributed by atoms with van der Waals surface area (Å²) >= 11 is 0. The number of hydrogen-bond acceptors (Lipinski definition) is 2. The van der Waals surface area contributed by atoms with Gasteiger partial charge in [-0.1, -0.05) is 25.7 Å². The second kappa shape index (κ2) is 4.74. The van der Waals surface area contributed by atoms with Crippen molar-refractivity contribution in [3.05, 3.63) is 0 Å². The molecular formula is C13H24N2O. The predicted octanol–water partition coefficient (Wildman–Crippen LogP) is 1.81. The van der Waals surface area contributed by atoms with E-state index in [1.165, 1.54) is 19.3 Å². The Bertz CT molecular complexity index is 263. The average Bonchev–Trinajstić information content (AvgIpc) is 2.52. The first-order valence-electron chi connectivity index (χ1n) is 6.67. The molecule has 3 nitrogen and oxygen atoms in total. The van der Waals surface area contributed by atoms with Gasteiger partial charge in [-0.2, -0.15) is 0 Å². The minimum atomic E-state index is -0.306. The molecule has 0 heterocycles. The number of carbonyl (C=O) groups excluding carboxylic acids is 1. The van der Waals surface area contributed by atoms with Gasteiger partial charge in [-0.15, -0.1) is 0 Å². The van der Waals surface area contributed by atoms with Gasteiger partial charge in [0.15, 0.2) is 0 Å². The Labute approximate surface area is 98.2 Å². The standard InChI is InChI=1S/C13H24N2O/c1-13(8-3-6-11(13)14)12(16)15-9-7-10-4-2-5-10/h10-11H,2-9,14H2,1H3,(H,15,16). The monoisotopic (exact) mass is 224 g/mol. The minimum absolute atomic E-state index is 0.0520. The summed E-state index contributed by atoms with van der Waals surface area (Å²) in [5.74, 6) is 1.04. The summed E-state index contributed by atoms with van der Waals surface area (Å²) in [7, 11) is 0. The first kappa shape index (κ1) is 11.9. The van der Waals surface area contributed by atoms with Crippen molar-refractivity contribution in [2.75, 3.05) is 6.54 Å². The maximum atomic E-state index is 12.1. The van der Waals surface area contributed by atoms with E-state index in [0.29, 0.717) is 0 Å². The van der Waals surface area contributed by atoms with Gasteiger partial charge in [0.05, 0.1) is 5.41 Å². The molecule has 2 aliphatic rings. The van der Waals surface area contributed by atoms with E-state index in [2.05, 4.69) is 5.32 Å². The van der Waals surface area contributed by atoms with Gasteiger partial charge in [-0.05, 0) is 32.1 Å². The summed E-state index contributed by atoms with van der Waals surface area (Å²) in [5, 5.41) is 3.08. The molecule has 2 atom stereocenters. The molecule has 0 aromatic rings. The van der Waals surface area contributed by atoms with Crippen molar-refractivity contribution >= 4 is 5.91 Å². The zero-order valence-electron chi connectivity index (χ0n) is 10.3. The number of carbonyl (C=O) groups is 1. The fraction of sp³-hybridized carbons (Fsp3) is 0.923. The van der Waals surface area contributed by atoms with Crippen molar-refractivity contribution in [1.29, 1.82) is 0 Å². The lowest BCUT2D eigenvalue weighted by Crippen LogP contribution is -2.47. The Kier molecular flexibility index (Phi) is 3.53. The van der Waals surface area contributed by atoms with Crippen molar-refractivity contribution in [1.82, 2.24) is 5.32 Å². The molecule has 0 radical (unpaired) electrons. The van der Waals surface area contributed by atoms with Crippen LogP contribution in [-0.4, -0.2) is 18.5 Å². The van der Waals surface area contributed by atoms with Gasteiger partial charge in [0.25, 0.3) is 0 Å². The van der Waals surface area contributed by atoms with E-state index in [4.69, 9.17) is 5.73 Å². The smallest absolute Gasteiger partial charge is 0.227 e. The van der Waals surface area contributed by atoms with E-state index in [0.717, 1.165) is 38.1 Å². The lowest BCUT2D eigenvalue weighted by Gasteiger charge is -2.29. The van der Waals surface area contributed by atoms with Crippen LogP contribution < -0.4 is 11.1 Å². The molecule has 16 heavy (non-hydrogen) atoms. The van der Waals surface area contributed by atoms with Gasteiger partial charge >= 0.3 is 0 Å². The highest BCUT2D eigenvalue weighted by molar-refractivity contribution is 5.83. The molecule has 2 unspecified atom stereocenters. The highest BCUT2D eigenvalue weighted by Crippen LogP contribution is 2.37. The van der Waals surface area contributed by atoms with Crippen molar-refractivity contribution in [3.63, 3.8) is 0 Å². The lowest BCUT2D eigenvalue weighted by molar-refractivity contribution is -0.130. The van der Waals surface area contributed by atoms with Gasteiger partial charge in [0, 0.05) is 12.6 Å². The van der Waals surface area contributed by atoms with Crippen LogP contribution in [0.5, 0.6) is 0 Å². The topological polar surface area (TPSA) is 55.1 Å². The zero-order valence-corrected chi connectivity index (χ0v) is 10.3. The summed E-state index contributed by atoms with van der Waals surface area (Å²) in [6.07, 6.45) is 8.27. The number of amides is 1. The molecule has 1 amide bonds. The summed E-state index contributed by atoms with van der Waals surface area (Å²) in [4.78, 5) is 12.1. The number of hydrogen-bond donors (Lipinski definition) is 2. The fourth-order valence-corrected chi connectivity index (χ4v) is 2.85. The third-order valence-electron chi connectivity index (χ3n) is 4.61. The Morgan fingerprint density at radius 3 is 2.62 bits per heavy atom. The fourth-order valence-electron chi connectivity index (χ4n) is 2.85. The van der Waals surface area contributed by atoms with E-state index >= 15 is 0 Å². The van der Waals surface area contributed by atoms with E-state index in [1.54, 1.807) is 0 Å². The Morgan fingerprint density at radius 2 is 2.12 bits per heavy atom. The van der Waals surface area contributed by atoms with Crippen molar-refractivity contribution in [2.24, 2.45) is 17.1 Å². The number of nitrogens with one attached hydrogen (secondary N) is 1. The highest BCUT2D eigenvalue weighted by Gasteiger charge is 2.42. The molecule has 0 bridgehead atoms. The SMILES string of the molecule is CC1(C(=O)NCCC2CCC2)CCCC1N. The van der Waals surface area contributed by atoms with E-state index < -0.39 is 0 Å². The lowest BCUT2D eigenvalue weighted by atomic mass is 9.82. The van der Waals surface area contributed by atoms with Crippen LogP contribution in [0.15, 0.2) is 0 Å². The normalized spacial score (nSPS) is 34.8. The molecule has 3 heteroatoms. The van der Waals surface area contributed by atoms with E-state index in [-0.39, 0.29) is 17.4 Å². The van der Waals surface area contributed by atoms with Gasteiger partial charge in [0.1, 0.15) is 0 Å². The quantitative estimate of drug-likeness (QED) is 0.765. The molecule has 2 rings (SSSR count). The van der Waals surface area contributed by atoms with Gasteiger partial charge in [-0.25, -0.2) is 0 Å². The van der Waals surface area contributed by atoms with Crippen LogP contribution in [0, 0.1) is 11.3 Å². The maximum absolute atomic E-state index is 12.1. The molecule has 92 valence electrons. The predicted molar refractivity (Wildman–Crippen MR) is 64.9 cm³/mol. The second-order valence-electron chi connectivity index (χ2n) is 5.76. The summed E-state index contributed by atoms with van der Waals surface area (Å²) < 4.78 is 0. The van der Waals surface area contributed by atoms with Crippen LogP contribution in [0.3, 0.4) is 0 Å². The van der Waals surface area contributed by atoms with E-state index in [1.807, 2.05) is 6.92 Å². The summed E-state index contributed by atoms with van der Waals surface area (Å²) in [6.45, 7) is 2.86. The van der Waals surface area contributed by atoms with Crippen molar-refractivity contribution < 1.29 is 4.79 Å². The molecule has 2 saturated carbocycles. The molecular weight excluding hydrogens is 200 g/mol. The molecule has 0 saturated heterocycles. The molecule has 2 aliphatic carbocycles. The molecule has 0 spiro atoms. The van der Waals surface area contributed by atoms with Crippen LogP contribution >= 0.6 is 0 Å². The number of nitrogens with two attached hydrogens (primary N) is 1. The second-order valence-corrected chi connectivity index (χ2v) is 5.76. The van der Waals surface area contributed by atoms with Gasteiger partial charge in [0.2, 0.25) is 5.91 Å². The molecule has 3 N–H and O–H groups in total. The van der Waals surface area contributed by atoms with Crippen molar-refractivity contribution in [3.8, 4) is 0 Å². The van der Waals surface area contributed by atoms with Crippen LogP contribution in [0.4, 0.5) is 0 Å². The Balaban J connectivity index is 1.73. The largest absolute Gasteiger partial charge is 0.356 e. The molecule has 0 aromatic heterocycles. The first-order valence-corrected chi connectivity index (χ1v) is 6.67. The highest BCUT2D eigenvalue weighted by atomic mass is 16.2. The molecule has 2 fully saturated rings. The van der Waals surface area contributed by atoms with E-state index in [9.17, 15) is 4.79 Å². The Morgan fingerprint density at radius 1 is 1.38 bits per heavy atom. The van der Waals surface area contributed by atoms with Crippen molar-refractivity contribution in [2.45, 2.75) is 57.9 Å². The van der Waals surface area contributed by atoms with Gasteiger partial charge < -0.3 is 11.1 Å². The molecule has 0 aromatic carbocycles. The minimum Gasteiger partial charge on any atom is -0.356 e.